The van der Waals surface area contributed by atoms with Gasteiger partial charge >= 0.3 is 11.9 Å². The Morgan fingerprint density at radius 1 is 0.867 bits per heavy atom. The predicted molar refractivity (Wildman–Crippen MR) is 52.7 cm³/mol. The number of hydrogen-bond acceptors (Lipinski definition) is 4. The van der Waals surface area contributed by atoms with Gasteiger partial charge in [-0.1, -0.05) is 0 Å². The second-order valence-electron chi connectivity index (χ2n) is 2.56. The van der Waals surface area contributed by atoms with Crippen LogP contribution in [0.5, 0.6) is 0 Å². The molecule has 1 aromatic carbocycles. The molecule has 15 heavy (non-hydrogen) atoms. The number of carbonyl (C=O) groups excluding carboxylic acids is 2. The highest BCUT2D eigenvalue weighted by molar-refractivity contribution is 5.93. The summed E-state index contributed by atoms with van der Waals surface area (Å²) in [5.41, 5.74) is 0.806. The van der Waals surface area contributed by atoms with Gasteiger partial charge in [-0.2, -0.15) is 0 Å². The van der Waals surface area contributed by atoms with Crippen LogP contribution in [-0.2, 0) is 9.47 Å². The first kappa shape index (κ1) is 13.1. The van der Waals surface area contributed by atoms with Crippen LogP contribution < -0.4 is 0 Å². The largest absolute Gasteiger partial charge is 0.465 e. The number of esters is 2. The number of ether oxygens (including phenoxy) is 2. The van der Waals surface area contributed by atoms with Gasteiger partial charge in [-0.25, -0.2) is 9.59 Å². The van der Waals surface area contributed by atoms with Crippen molar-refractivity contribution in [3.05, 3.63) is 35.4 Å². The van der Waals surface area contributed by atoms with Gasteiger partial charge in [0.05, 0.1) is 25.3 Å². The highest BCUT2D eigenvalue weighted by Gasteiger charge is 2.08. The second kappa shape index (κ2) is 5.77. The number of benzene rings is 1. The molecule has 0 bridgehead atoms. The summed E-state index contributed by atoms with van der Waals surface area (Å²) >= 11 is 0. The molecule has 0 aliphatic rings. The van der Waals surface area contributed by atoms with Crippen molar-refractivity contribution in [2.45, 2.75) is 0 Å². The summed E-state index contributed by atoms with van der Waals surface area (Å²) < 4.78 is 9.02. The molecule has 0 fully saturated rings. The van der Waals surface area contributed by atoms with E-state index < -0.39 is 11.9 Å². The van der Waals surface area contributed by atoms with Crippen LogP contribution in [0.3, 0.4) is 0 Å². The Kier molecular flexibility index (Phi) is 5.04. The van der Waals surface area contributed by atoms with Gasteiger partial charge in [0.15, 0.2) is 0 Å². The van der Waals surface area contributed by atoms with E-state index in [0.29, 0.717) is 11.1 Å². The van der Waals surface area contributed by atoms with E-state index in [2.05, 4.69) is 9.47 Å². The summed E-state index contributed by atoms with van der Waals surface area (Å²) in [4.78, 5) is 22.1. The van der Waals surface area contributed by atoms with Crippen molar-refractivity contribution in [3.63, 3.8) is 0 Å². The molecule has 0 unspecified atom stereocenters. The molecule has 5 nitrogen and oxygen atoms in total. The first-order valence-corrected chi connectivity index (χ1v) is 3.95. The zero-order chi connectivity index (χ0) is 10.6. The minimum atomic E-state index is -0.429. The second-order valence-corrected chi connectivity index (χ2v) is 2.56. The van der Waals surface area contributed by atoms with Gasteiger partial charge < -0.3 is 14.9 Å². The van der Waals surface area contributed by atoms with Crippen LogP contribution in [0.2, 0.25) is 0 Å². The van der Waals surface area contributed by atoms with Gasteiger partial charge in [-0.05, 0) is 24.3 Å². The lowest BCUT2D eigenvalue weighted by molar-refractivity contribution is 0.0586. The molecule has 5 heteroatoms. The topological polar surface area (TPSA) is 84.1 Å². The van der Waals surface area contributed by atoms with Gasteiger partial charge in [-0.3, -0.25) is 0 Å². The summed E-state index contributed by atoms with van der Waals surface area (Å²) in [5, 5.41) is 0. The molecule has 0 spiro atoms. The zero-order valence-corrected chi connectivity index (χ0v) is 8.44. The third-order valence-electron chi connectivity index (χ3n) is 1.73. The molecule has 0 radical (unpaired) electrons. The van der Waals surface area contributed by atoms with Crippen molar-refractivity contribution >= 4 is 11.9 Å². The van der Waals surface area contributed by atoms with Crippen molar-refractivity contribution < 1.29 is 24.5 Å². The standard InChI is InChI=1S/C10H10O4.H2O/c1-13-9(11)7-3-5-8(6-4-7)10(12)14-2;/h3-6H,1-2H3;1H2. The predicted octanol–water partition coefficient (Wildman–Crippen LogP) is 0.435. The molecule has 1 aromatic rings. The maximum atomic E-state index is 11.0. The Balaban J connectivity index is 0.00000196. The van der Waals surface area contributed by atoms with E-state index in [-0.39, 0.29) is 5.48 Å². The summed E-state index contributed by atoms with van der Waals surface area (Å²) in [6, 6.07) is 6.05. The lowest BCUT2D eigenvalue weighted by atomic mass is 10.1. The highest BCUT2D eigenvalue weighted by atomic mass is 16.5. The molecule has 0 saturated heterocycles. The smallest absolute Gasteiger partial charge is 0.337 e. The lowest BCUT2D eigenvalue weighted by Gasteiger charge is -2.00. The molecule has 0 saturated carbocycles. The number of carbonyl (C=O) groups is 2. The Bertz CT molecular complexity index is 306. The van der Waals surface area contributed by atoms with Gasteiger partial charge in [0.25, 0.3) is 0 Å². The fourth-order valence-electron chi connectivity index (χ4n) is 0.978. The minimum Gasteiger partial charge on any atom is -0.465 e. The molecular weight excluding hydrogens is 200 g/mol. The van der Waals surface area contributed by atoms with E-state index in [1.807, 2.05) is 0 Å². The maximum Gasteiger partial charge on any atom is 0.337 e. The average molecular weight is 212 g/mol. The molecule has 0 heterocycles. The third-order valence-corrected chi connectivity index (χ3v) is 1.73. The molecule has 0 aliphatic heterocycles. The van der Waals surface area contributed by atoms with Crippen LogP contribution in [-0.4, -0.2) is 31.6 Å². The third kappa shape index (κ3) is 3.07. The van der Waals surface area contributed by atoms with Gasteiger partial charge in [0.1, 0.15) is 0 Å². The molecule has 0 aliphatic carbocycles. The van der Waals surface area contributed by atoms with Crippen LogP contribution in [0.15, 0.2) is 24.3 Å². The summed E-state index contributed by atoms with van der Waals surface area (Å²) in [5.74, 6) is -0.858. The van der Waals surface area contributed by atoms with Crippen molar-refractivity contribution in [2.24, 2.45) is 0 Å². The zero-order valence-electron chi connectivity index (χ0n) is 8.44. The Morgan fingerprint density at radius 3 is 1.33 bits per heavy atom. The molecule has 2 N–H and O–H groups in total. The Hall–Kier alpha value is -1.88. The summed E-state index contributed by atoms with van der Waals surface area (Å²) in [6.07, 6.45) is 0. The van der Waals surface area contributed by atoms with Gasteiger partial charge in [0.2, 0.25) is 0 Å². The quantitative estimate of drug-likeness (QED) is 0.665. The maximum absolute atomic E-state index is 11.0. The summed E-state index contributed by atoms with van der Waals surface area (Å²) in [6.45, 7) is 0. The normalized spacial score (nSPS) is 8.67. The Labute approximate surface area is 86.9 Å². The van der Waals surface area contributed by atoms with Crippen molar-refractivity contribution in [3.8, 4) is 0 Å². The fraction of sp³-hybridized carbons (Fsp3) is 0.200. The molecule has 82 valence electrons. The van der Waals surface area contributed by atoms with E-state index in [1.54, 1.807) is 0 Å². The molecule has 0 aromatic heterocycles. The van der Waals surface area contributed by atoms with Crippen molar-refractivity contribution in [2.75, 3.05) is 14.2 Å². The monoisotopic (exact) mass is 212 g/mol. The van der Waals surface area contributed by atoms with E-state index >= 15 is 0 Å². The van der Waals surface area contributed by atoms with Gasteiger partial charge in [0, 0.05) is 0 Å². The molecule has 0 atom stereocenters. The number of rotatable bonds is 2. The van der Waals surface area contributed by atoms with E-state index in [9.17, 15) is 9.59 Å². The van der Waals surface area contributed by atoms with Crippen molar-refractivity contribution in [1.29, 1.82) is 0 Å². The van der Waals surface area contributed by atoms with E-state index in [1.165, 1.54) is 38.5 Å². The van der Waals surface area contributed by atoms with E-state index in [0.717, 1.165) is 0 Å². The SMILES string of the molecule is COC(=O)c1ccc(C(=O)OC)cc1.O. The first-order chi connectivity index (χ1) is 6.69. The van der Waals surface area contributed by atoms with Crippen LogP contribution in [0.4, 0.5) is 0 Å². The number of methoxy groups -OCH3 is 2. The molecule has 0 amide bonds. The fourth-order valence-corrected chi connectivity index (χ4v) is 0.978. The molecular formula is C10H12O5. The van der Waals surface area contributed by atoms with Crippen LogP contribution in [0.25, 0.3) is 0 Å². The van der Waals surface area contributed by atoms with E-state index in [4.69, 9.17) is 0 Å². The summed E-state index contributed by atoms with van der Waals surface area (Å²) in [7, 11) is 2.60. The lowest BCUT2D eigenvalue weighted by Crippen LogP contribution is -2.04. The minimum absolute atomic E-state index is 0. The average Bonchev–Trinajstić information content (AvgIpc) is 2.27. The van der Waals surface area contributed by atoms with Gasteiger partial charge in [-0.15, -0.1) is 0 Å². The van der Waals surface area contributed by atoms with Crippen molar-refractivity contribution in [1.82, 2.24) is 0 Å². The Morgan fingerprint density at radius 2 is 1.13 bits per heavy atom. The van der Waals surface area contributed by atoms with Crippen LogP contribution in [0.1, 0.15) is 20.7 Å². The van der Waals surface area contributed by atoms with Crippen LogP contribution >= 0.6 is 0 Å². The number of hydrogen-bond donors (Lipinski definition) is 0. The first-order valence-electron chi connectivity index (χ1n) is 3.95. The van der Waals surface area contributed by atoms with Crippen LogP contribution in [0, 0.1) is 0 Å². The molecule has 1 rings (SSSR count). The highest BCUT2D eigenvalue weighted by Crippen LogP contribution is 2.06.